The molecule has 0 unspecified atom stereocenters. The third-order valence-electron chi connectivity index (χ3n) is 0.993. The van der Waals surface area contributed by atoms with Crippen LogP contribution in [0.5, 0.6) is 0 Å². The van der Waals surface area contributed by atoms with E-state index in [4.69, 9.17) is 5.73 Å². The first kappa shape index (κ1) is 19.6. The zero-order valence-electron chi connectivity index (χ0n) is 10.6. The molecule has 0 spiro atoms. The Morgan fingerprint density at radius 1 is 1.14 bits per heavy atom. The van der Waals surface area contributed by atoms with Gasteiger partial charge in [-0.3, -0.25) is 0 Å². The van der Waals surface area contributed by atoms with Gasteiger partial charge in [-0.1, -0.05) is 0 Å². The van der Waals surface area contributed by atoms with Gasteiger partial charge < -0.3 is 20.5 Å². The quantitative estimate of drug-likeness (QED) is 0.525. The molecular weight excluding hydrogens is 196 g/mol. The molecule has 0 rings (SSSR count). The molecule has 5 N–H and O–H groups in total. The van der Waals surface area contributed by atoms with Crippen molar-refractivity contribution in [2.24, 2.45) is 5.73 Å². The Morgan fingerprint density at radius 3 is 1.50 bits per heavy atom. The molecule has 0 aliphatic rings. The van der Waals surface area contributed by atoms with Crippen molar-refractivity contribution in [3.63, 3.8) is 0 Å². The lowest BCUT2D eigenvalue weighted by Gasteiger charge is -2.14. The van der Waals surface area contributed by atoms with Crippen LogP contribution in [0.4, 0.5) is 0 Å². The van der Waals surface area contributed by atoms with Gasteiger partial charge in [-0.05, 0) is 32.1 Å². The van der Waals surface area contributed by atoms with E-state index in [1.807, 2.05) is 13.1 Å². The van der Waals surface area contributed by atoms with E-state index in [9.17, 15) is 4.80 Å². The molecule has 0 bridgehead atoms. The predicted molar refractivity (Wildman–Crippen MR) is 65.7 cm³/mol. The molecule has 0 atom stereocenters. The van der Waals surface area contributed by atoms with Gasteiger partial charge in [-0.15, -0.1) is 0 Å². The minimum absolute atomic E-state index is 0. The standard InChI is InChI=1S/C5H15NOSi.C4H12N.H2O/c1-8(2,7)5-3-4-6;1-5(2,3)4;/h7H,3-6H2,1-2H3;1-4H3;1H2/q;+1;. The highest BCUT2D eigenvalue weighted by molar-refractivity contribution is 6.69. The average Bonchev–Trinajstić information content (AvgIpc) is 1.77. The second kappa shape index (κ2) is 8.37. The summed E-state index contributed by atoms with van der Waals surface area (Å²) in [6.45, 7) is 4.57. The van der Waals surface area contributed by atoms with E-state index >= 15 is 0 Å². The summed E-state index contributed by atoms with van der Waals surface area (Å²) >= 11 is 0. The van der Waals surface area contributed by atoms with Gasteiger partial charge in [0, 0.05) is 0 Å². The van der Waals surface area contributed by atoms with E-state index in [0.29, 0.717) is 6.54 Å². The maximum absolute atomic E-state index is 9.23. The van der Waals surface area contributed by atoms with Crippen molar-refractivity contribution in [1.82, 2.24) is 0 Å². The van der Waals surface area contributed by atoms with Crippen molar-refractivity contribution in [2.45, 2.75) is 25.6 Å². The van der Waals surface area contributed by atoms with Crippen LogP contribution in [-0.2, 0) is 0 Å². The largest absolute Gasteiger partial charge is 0.432 e. The monoisotopic (exact) mass is 225 g/mol. The van der Waals surface area contributed by atoms with E-state index in [0.717, 1.165) is 16.9 Å². The number of quaternary nitrogens is 1. The first-order chi connectivity index (χ1) is 5.56. The molecular formula is C9H29N2O2Si+. The molecule has 0 aromatic heterocycles. The highest BCUT2D eigenvalue weighted by Gasteiger charge is 2.14. The van der Waals surface area contributed by atoms with Crippen LogP contribution in [0.15, 0.2) is 0 Å². The molecule has 0 saturated heterocycles. The maximum atomic E-state index is 9.23. The van der Waals surface area contributed by atoms with Gasteiger partial charge in [-0.25, -0.2) is 0 Å². The Kier molecular flexibility index (Phi) is 11.7. The fourth-order valence-electron chi connectivity index (χ4n) is 0.535. The van der Waals surface area contributed by atoms with Crippen LogP contribution in [0.25, 0.3) is 0 Å². The second-order valence-corrected chi connectivity index (χ2v) is 9.51. The van der Waals surface area contributed by atoms with Gasteiger partial charge in [0.2, 0.25) is 0 Å². The molecule has 0 aromatic rings. The molecule has 0 amide bonds. The Morgan fingerprint density at radius 2 is 1.43 bits per heavy atom. The summed E-state index contributed by atoms with van der Waals surface area (Å²) in [6, 6.07) is 0.934. The molecule has 0 radical (unpaired) electrons. The van der Waals surface area contributed by atoms with Gasteiger partial charge in [0.15, 0.2) is 8.32 Å². The summed E-state index contributed by atoms with van der Waals surface area (Å²) in [5.74, 6) is 0. The summed E-state index contributed by atoms with van der Waals surface area (Å²) in [7, 11) is 6.74. The molecule has 0 heterocycles. The molecule has 0 aromatic carbocycles. The van der Waals surface area contributed by atoms with E-state index in [-0.39, 0.29) is 5.48 Å². The van der Waals surface area contributed by atoms with E-state index < -0.39 is 8.32 Å². The van der Waals surface area contributed by atoms with Crippen molar-refractivity contribution >= 4 is 8.32 Å². The van der Waals surface area contributed by atoms with Gasteiger partial charge in [-0.2, -0.15) is 0 Å². The van der Waals surface area contributed by atoms with Crippen LogP contribution in [0.2, 0.25) is 19.1 Å². The number of nitrogens with zero attached hydrogens (tertiary/aromatic N) is 1. The molecule has 0 saturated carbocycles. The molecule has 14 heavy (non-hydrogen) atoms. The molecule has 0 fully saturated rings. The summed E-state index contributed by atoms with van der Waals surface area (Å²) in [6.07, 6.45) is 0.968. The highest BCUT2D eigenvalue weighted by Crippen LogP contribution is 2.05. The maximum Gasteiger partial charge on any atom is 0.182 e. The second-order valence-electron chi connectivity index (χ2n) is 5.39. The SMILES string of the molecule is C[N+](C)(C)C.C[Si](C)(O)CCCN.O. The Labute approximate surface area is 89.8 Å². The van der Waals surface area contributed by atoms with Crippen LogP contribution in [0, 0.1) is 0 Å². The lowest BCUT2D eigenvalue weighted by molar-refractivity contribution is -0.849. The summed E-state index contributed by atoms with van der Waals surface area (Å²) in [5, 5.41) is 0. The molecule has 90 valence electrons. The summed E-state index contributed by atoms with van der Waals surface area (Å²) in [5.41, 5.74) is 5.25. The summed E-state index contributed by atoms with van der Waals surface area (Å²) in [4.78, 5) is 9.23. The molecule has 4 nitrogen and oxygen atoms in total. The van der Waals surface area contributed by atoms with Crippen LogP contribution in [0.3, 0.4) is 0 Å². The summed E-state index contributed by atoms with van der Waals surface area (Å²) < 4.78 is 1.00. The Balaban J connectivity index is -0.000000177. The highest BCUT2D eigenvalue weighted by atomic mass is 28.4. The third-order valence-corrected chi connectivity index (χ3v) is 2.57. The normalized spacial score (nSPS) is 11.1. The Hall–Kier alpha value is 0.0569. The minimum Gasteiger partial charge on any atom is -0.432 e. The molecule has 0 aliphatic carbocycles. The Bertz CT molecular complexity index is 113. The number of rotatable bonds is 3. The zero-order chi connectivity index (χ0) is 11.1. The van der Waals surface area contributed by atoms with Gasteiger partial charge in [0.25, 0.3) is 0 Å². The van der Waals surface area contributed by atoms with Crippen molar-refractivity contribution < 1.29 is 14.8 Å². The van der Waals surface area contributed by atoms with Crippen LogP contribution < -0.4 is 5.73 Å². The van der Waals surface area contributed by atoms with Crippen LogP contribution in [0.1, 0.15) is 6.42 Å². The van der Waals surface area contributed by atoms with Crippen molar-refractivity contribution in [3.8, 4) is 0 Å². The number of hydrogen-bond donors (Lipinski definition) is 2. The predicted octanol–water partition coefficient (Wildman–Crippen LogP) is 0.0303. The van der Waals surface area contributed by atoms with Crippen LogP contribution in [-0.4, -0.2) is 57.8 Å². The third kappa shape index (κ3) is 57.6. The zero-order valence-corrected chi connectivity index (χ0v) is 11.6. The van der Waals surface area contributed by atoms with E-state index in [1.54, 1.807) is 0 Å². The van der Waals surface area contributed by atoms with Crippen LogP contribution >= 0.6 is 0 Å². The molecule has 5 heteroatoms. The lowest BCUT2D eigenvalue weighted by Crippen LogP contribution is -2.27. The van der Waals surface area contributed by atoms with Crippen molar-refractivity contribution in [2.75, 3.05) is 34.7 Å². The first-order valence-electron chi connectivity index (χ1n) is 4.77. The van der Waals surface area contributed by atoms with E-state index in [2.05, 4.69) is 28.2 Å². The first-order valence-corrected chi connectivity index (χ1v) is 7.93. The van der Waals surface area contributed by atoms with Gasteiger partial charge in [0.1, 0.15) is 0 Å². The number of hydrogen-bond acceptors (Lipinski definition) is 2. The smallest absolute Gasteiger partial charge is 0.182 e. The lowest BCUT2D eigenvalue weighted by atomic mass is 10.5. The van der Waals surface area contributed by atoms with Crippen molar-refractivity contribution in [3.05, 3.63) is 0 Å². The fraction of sp³-hybridized carbons (Fsp3) is 1.00. The average molecular weight is 225 g/mol. The number of nitrogens with two attached hydrogens (primary N) is 1. The van der Waals surface area contributed by atoms with Crippen molar-refractivity contribution in [1.29, 1.82) is 0 Å². The van der Waals surface area contributed by atoms with E-state index in [1.165, 1.54) is 0 Å². The molecule has 0 aliphatic heterocycles. The van der Waals surface area contributed by atoms with Gasteiger partial charge in [0.05, 0.1) is 28.2 Å². The topological polar surface area (TPSA) is 77.8 Å². The minimum atomic E-state index is -1.76. The van der Waals surface area contributed by atoms with Gasteiger partial charge >= 0.3 is 0 Å². The fourth-order valence-corrected chi connectivity index (χ4v) is 1.60.